The number of aromatic nitrogens is 3. The van der Waals surface area contributed by atoms with Crippen molar-refractivity contribution in [3.05, 3.63) is 5.28 Å². The van der Waals surface area contributed by atoms with Gasteiger partial charge in [-0.05, 0) is 36.8 Å². The van der Waals surface area contributed by atoms with Crippen LogP contribution in [0.2, 0.25) is 5.28 Å². The maximum Gasteiger partial charge on any atom is 0.323 e. The van der Waals surface area contributed by atoms with Crippen molar-refractivity contribution in [1.29, 1.82) is 0 Å². The topological polar surface area (TPSA) is 57.1 Å². The van der Waals surface area contributed by atoms with Gasteiger partial charge in [-0.2, -0.15) is 9.97 Å². The molecule has 88 valence electrons. The zero-order valence-corrected chi connectivity index (χ0v) is 9.90. The van der Waals surface area contributed by atoms with Crippen LogP contribution in [-0.4, -0.2) is 28.2 Å². The third-order valence-electron chi connectivity index (χ3n) is 2.15. The Bertz CT molecular complexity index is 358. The second-order valence-electron chi connectivity index (χ2n) is 3.77. The van der Waals surface area contributed by atoms with Crippen molar-refractivity contribution in [3.63, 3.8) is 0 Å². The van der Waals surface area contributed by atoms with Gasteiger partial charge in [0, 0.05) is 0 Å². The molecule has 0 unspecified atom stereocenters. The van der Waals surface area contributed by atoms with Crippen LogP contribution in [0.1, 0.15) is 26.2 Å². The van der Waals surface area contributed by atoms with E-state index in [1.165, 1.54) is 12.8 Å². The zero-order chi connectivity index (χ0) is 11.4. The lowest BCUT2D eigenvalue weighted by Gasteiger charge is -2.05. The molecule has 1 aromatic rings. The van der Waals surface area contributed by atoms with Gasteiger partial charge in [0.15, 0.2) is 0 Å². The number of hydrogen-bond acceptors (Lipinski definition) is 5. The molecule has 0 atom stereocenters. The Morgan fingerprint density at radius 3 is 2.50 bits per heavy atom. The van der Waals surface area contributed by atoms with Crippen molar-refractivity contribution in [1.82, 2.24) is 15.0 Å². The first-order chi connectivity index (χ1) is 7.78. The largest absolute Gasteiger partial charge is 0.463 e. The van der Waals surface area contributed by atoms with Crippen LogP contribution in [0.25, 0.3) is 0 Å². The fourth-order valence-electron chi connectivity index (χ4n) is 1.11. The molecule has 1 heterocycles. The van der Waals surface area contributed by atoms with E-state index in [4.69, 9.17) is 21.1 Å². The van der Waals surface area contributed by atoms with E-state index in [1.54, 1.807) is 0 Å². The molecule has 1 aromatic heterocycles. The first kappa shape index (κ1) is 11.4. The van der Waals surface area contributed by atoms with E-state index >= 15 is 0 Å². The summed E-state index contributed by atoms with van der Waals surface area (Å²) >= 11 is 5.74. The lowest BCUT2D eigenvalue weighted by molar-refractivity contribution is 0.253. The van der Waals surface area contributed by atoms with Crippen LogP contribution < -0.4 is 9.47 Å². The summed E-state index contributed by atoms with van der Waals surface area (Å²) in [7, 11) is 0. The van der Waals surface area contributed by atoms with Gasteiger partial charge in [-0.3, -0.25) is 0 Å². The molecule has 0 bridgehead atoms. The van der Waals surface area contributed by atoms with E-state index in [9.17, 15) is 0 Å². The molecule has 0 N–H and O–H groups in total. The Morgan fingerprint density at radius 2 is 1.88 bits per heavy atom. The minimum absolute atomic E-state index is 0.104. The van der Waals surface area contributed by atoms with Gasteiger partial charge in [0.05, 0.1) is 13.2 Å². The highest BCUT2D eigenvalue weighted by Gasteiger charge is 2.22. The van der Waals surface area contributed by atoms with Crippen LogP contribution in [0.5, 0.6) is 12.0 Å². The summed E-state index contributed by atoms with van der Waals surface area (Å²) in [6.45, 7) is 3.21. The van der Waals surface area contributed by atoms with E-state index in [0.29, 0.717) is 19.1 Å². The second-order valence-corrected chi connectivity index (χ2v) is 4.11. The number of rotatable bonds is 6. The smallest absolute Gasteiger partial charge is 0.323 e. The van der Waals surface area contributed by atoms with E-state index in [1.807, 2.05) is 6.92 Å². The number of ether oxygens (including phenoxy) is 2. The third kappa shape index (κ3) is 3.48. The molecular weight excluding hydrogens is 230 g/mol. The summed E-state index contributed by atoms with van der Waals surface area (Å²) in [5.41, 5.74) is 0. The van der Waals surface area contributed by atoms with Gasteiger partial charge < -0.3 is 9.47 Å². The normalized spacial score (nSPS) is 14.9. The molecular formula is C10H14ClN3O2. The van der Waals surface area contributed by atoms with Crippen molar-refractivity contribution in [2.75, 3.05) is 13.2 Å². The van der Waals surface area contributed by atoms with Gasteiger partial charge in [0.25, 0.3) is 0 Å². The van der Waals surface area contributed by atoms with Crippen LogP contribution in [0.15, 0.2) is 0 Å². The maximum atomic E-state index is 5.74. The van der Waals surface area contributed by atoms with Crippen LogP contribution in [-0.2, 0) is 0 Å². The highest BCUT2D eigenvalue weighted by Crippen LogP contribution is 2.29. The summed E-state index contributed by atoms with van der Waals surface area (Å²) in [6.07, 6.45) is 3.33. The Morgan fingerprint density at radius 1 is 1.19 bits per heavy atom. The van der Waals surface area contributed by atoms with Gasteiger partial charge in [-0.15, -0.1) is 4.98 Å². The Labute approximate surface area is 99.2 Å². The van der Waals surface area contributed by atoms with Crippen molar-refractivity contribution in [2.24, 2.45) is 5.92 Å². The Hall–Kier alpha value is -1.10. The fourth-order valence-corrected chi connectivity index (χ4v) is 1.26. The average molecular weight is 244 g/mol. The summed E-state index contributed by atoms with van der Waals surface area (Å²) in [5, 5.41) is 0.104. The molecule has 1 saturated carbocycles. The van der Waals surface area contributed by atoms with Gasteiger partial charge in [-0.1, -0.05) is 6.92 Å². The molecule has 1 aliphatic carbocycles. The second kappa shape index (κ2) is 5.30. The van der Waals surface area contributed by atoms with Crippen molar-refractivity contribution < 1.29 is 9.47 Å². The number of halogens is 1. The highest BCUT2D eigenvalue weighted by molar-refractivity contribution is 6.28. The van der Waals surface area contributed by atoms with Crippen LogP contribution in [0, 0.1) is 5.92 Å². The monoisotopic (exact) mass is 243 g/mol. The van der Waals surface area contributed by atoms with Crippen LogP contribution >= 0.6 is 11.6 Å². The molecule has 0 saturated heterocycles. The predicted octanol–water partition coefficient (Wildman–Crippen LogP) is 2.10. The molecule has 0 amide bonds. The molecule has 0 aromatic carbocycles. The molecule has 5 nitrogen and oxygen atoms in total. The van der Waals surface area contributed by atoms with E-state index in [-0.39, 0.29) is 17.3 Å². The fraction of sp³-hybridized carbons (Fsp3) is 0.700. The lowest BCUT2D eigenvalue weighted by atomic mass is 10.5. The summed E-state index contributed by atoms with van der Waals surface area (Å²) < 4.78 is 10.7. The van der Waals surface area contributed by atoms with E-state index in [0.717, 1.165) is 6.42 Å². The van der Waals surface area contributed by atoms with Gasteiger partial charge in [0.1, 0.15) is 0 Å². The molecule has 16 heavy (non-hydrogen) atoms. The minimum Gasteiger partial charge on any atom is -0.463 e. The SMILES string of the molecule is CCCOc1nc(Cl)nc(OCC2CC2)n1. The highest BCUT2D eigenvalue weighted by atomic mass is 35.5. The summed E-state index contributed by atoms with van der Waals surface area (Å²) in [6, 6.07) is 0.477. The van der Waals surface area contributed by atoms with Crippen molar-refractivity contribution in [3.8, 4) is 12.0 Å². The van der Waals surface area contributed by atoms with Crippen LogP contribution in [0.3, 0.4) is 0 Å². The number of hydrogen-bond donors (Lipinski definition) is 0. The summed E-state index contributed by atoms with van der Waals surface area (Å²) in [5.74, 6) is 0.649. The molecule has 1 aliphatic rings. The van der Waals surface area contributed by atoms with Gasteiger partial charge >= 0.3 is 12.0 Å². The maximum absolute atomic E-state index is 5.74. The lowest BCUT2D eigenvalue weighted by Crippen LogP contribution is -2.06. The van der Waals surface area contributed by atoms with Crippen molar-refractivity contribution in [2.45, 2.75) is 26.2 Å². The Balaban J connectivity index is 1.96. The van der Waals surface area contributed by atoms with Gasteiger partial charge in [-0.25, -0.2) is 0 Å². The molecule has 0 aliphatic heterocycles. The molecule has 0 spiro atoms. The number of nitrogens with zero attached hydrogens (tertiary/aromatic N) is 3. The third-order valence-corrected chi connectivity index (χ3v) is 2.32. The average Bonchev–Trinajstić information content (AvgIpc) is 3.07. The summed E-state index contributed by atoms with van der Waals surface area (Å²) in [4.78, 5) is 11.8. The first-order valence-electron chi connectivity index (χ1n) is 5.45. The standard InChI is InChI=1S/C10H14ClN3O2/c1-2-5-15-9-12-8(11)13-10(14-9)16-6-7-3-4-7/h7H,2-6H2,1H3. The quantitative estimate of drug-likeness (QED) is 0.766. The minimum atomic E-state index is 0.104. The van der Waals surface area contributed by atoms with Crippen molar-refractivity contribution >= 4 is 11.6 Å². The Kier molecular flexibility index (Phi) is 3.77. The predicted molar refractivity (Wildman–Crippen MR) is 58.8 cm³/mol. The van der Waals surface area contributed by atoms with E-state index in [2.05, 4.69) is 15.0 Å². The first-order valence-corrected chi connectivity index (χ1v) is 5.83. The molecule has 6 heteroatoms. The van der Waals surface area contributed by atoms with Gasteiger partial charge in [0.2, 0.25) is 5.28 Å². The van der Waals surface area contributed by atoms with Crippen LogP contribution in [0.4, 0.5) is 0 Å². The zero-order valence-electron chi connectivity index (χ0n) is 9.15. The molecule has 0 radical (unpaired) electrons. The van der Waals surface area contributed by atoms with E-state index < -0.39 is 0 Å². The molecule has 1 fully saturated rings. The molecule has 2 rings (SSSR count).